The van der Waals surface area contributed by atoms with E-state index in [2.05, 4.69) is 20.7 Å². The Labute approximate surface area is 185 Å². The second kappa shape index (κ2) is 8.16. The maximum Gasteiger partial charge on any atom is 0.283 e. The first-order chi connectivity index (χ1) is 15.6. The van der Waals surface area contributed by atoms with Gasteiger partial charge in [0.2, 0.25) is 10.1 Å². The molecule has 0 saturated carbocycles. The fourth-order valence-corrected chi connectivity index (χ4v) is 4.06. The maximum atomic E-state index is 12.9. The zero-order chi connectivity index (χ0) is 22.1. The van der Waals surface area contributed by atoms with Crippen molar-refractivity contribution in [1.82, 2.24) is 19.9 Å². The van der Waals surface area contributed by atoms with Crippen molar-refractivity contribution < 1.29 is 13.9 Å². The number of hydrogen-bond acceptors (Lipinski definition) is 8. The predicted molar refractivity (Wildman–Crippen MR) is 121 cm³/mol. The van der Waals surface area contributed by atoms with Gasteiger partial charge < -0.3 is 19.8 Å². The number of nitrogens with zero attached hydrogens (tertiary/aromatic N) is 3. The second-order valence-corrected chi connectivity index (χ2v) is 7.79. The van der Waals surface area contributed by atoms with Crippen LogP contribution in [0, 0.1) is 0 Å². The van der Waals surface area contributed by atoms with Crippen LogP contribution in [0.25, 0.3) is 15.9 Å². The van der Waals surface area contributed by atoms with E-state index in [1.165, 1.54) is 15.9 Å². The highest BCUT2D eigenvalue weighted by atomic mass is 32.1. The number of carbonyl (C=O) groups is 1. The molecule has 0 fully saturated rings. The lowest BCUT2D eigenvalue weighted by Gasteiger charge is -2.07. The highest BCUT2D eigenvalue weighted by Crippen LogP contribution is 2.29. The van der Waals surface area contributed by atoms with Crippen LogP contribution in [0.1, 0.15) is 16.1 Å². The van der Waals surface area contributed by atoms with E-state index in [0.717, 1.165) is 5.69 Å². The summed E-state index contributed by atoms with van der Waals surface area (Å²) in [6.45, 7) is 0.270. The number of methoxy groups -OCH3 is 1. The van der Waals surface area contributed by atoms with Crippen LogP contribution in [-0.4, -0.2) is 27.6 Å². The van der Waals surface area contributed by atoms with Crippen molar-refractivity contribution in [3.63, 3.8) is 0 Å². The molecule has 0 spiro atoms. The Morgan fingerprint density at radius 2 is 2.06 bits per heavy atom. The molecule has 0 aliphatic rings. The van der Waals surface area contributed by atoms with E-state index in [9.17, 15) is 9.59 Å². The summed E-state index contributed by atoms with van der Waals surface area (Å²) in [5.74, 6) is 1.02. The van der Waals surface area contributed by atoms with Gasteiger partial charge in [-0.2, -0.15) is 4.52 Å². The molecule has 32 heavy (non-hydrogen) atoms. The summed E-state index contributed by atoms with van der Waals surface area (Å²) in [6.07, 6.45) is 1.55. The molecule has 0 unspecified atom stereocenters. The first-order valence-corrected chi connectivity index (χ1v) is 10.5. The Balaban J connectivity index is 1.46. The third-order valence-electron chi connectivity index (χ3n) is 4.81. The SMILES string of the molecule is COc1ccccc1Nc1nn2c(=O)c3ccc(C(=O)NCc4ccco4)cc3nc2s1. The van der Waals surface area contributed by atoms with Gasteiger partial charge in [-0.05, 0) is 42.5 Å². The van der Waals surface area contributed by atoms with E-state index in [1.54, 1.807) is 43.7 Å². The van der Waals surface area contributed by atoms with Gasteiger partial charge >= 0.3 is 0 Å². The van der Waals surface area contributed by atoms with Gasteiger partial charge in [-0.15, -0.1) is 5.10 Å². The molecule has 5 rings (SSSR count). The van der Waals surface area contributed by atoms with Crippen molar-refractivity contribution >= 4 is 43.9 Å². The lowest BCUT2D eigenvalue weighted by Crippen LogP contribution is -2.23. The van der Waals surface area contributed by atoms with Crippen LogP contribution < -0.4 is 20.9 Å². The van der Waals surface area contributed by atoms with Gasteiger partial charge in [0.05, 0.1) is 36.5 Å². The number of fused-ring (bicyclic) bond motifs is 2. The Kier molecular flexibility index (Phi) is 5.04. The maximum absolute atomic E-state index is 12.9. The minimum atomic E-state index is -0.308. The number of furan rings is 1. The van der Waals surface area contributed by atoms with Gasteiger partial charge in [0.25, 0.3) is 11.5 Å². The summed E-state index contributed by atoms with van der Waals surface area (Å²) in [4.78, 5) is 30.4. The third-order valence-corrected chi connectivity index (χ3v) is 5.63. The van der Waals surface area contributed by atoms with E-state index < -0.39 is 0 Å². The van der Waals surface area contributed by atoms with Crippen LogP contribution in [-0.2, 0) is 6.54 Å². The number of benzene rings is 2. The molecule has 0 saturated heterocycles. The smallest absolute Gasteiger partial charge is 0.283 e. The molecule has 0 aliphatic heterocycles. The molecule has 3 aromatic heterocycles. The van der Waals surface area contributed by atoms with Crippen LogP contribution in [0.5, 0.6) is 5.75 Å². The monoisotopic (exact) mass is 447 g/mol. The average Bonchev–Trinajstić information content (AvgIpc) is 3.47. The van der Waals surface area contributed by atoms with E-state index in [-0.39, 0.29) is 18.0 Å². The standard InChI is InChI=1S/C22H17N5O4S/c1-30-18-7-3-2-6-16(18)24-21-26-27-20(29)15-9-8-13(11-17(15)25-22(27)32-21)19(28)23-12-14-5-4-10-31-14/h2-11H,12H2,1H3,(H,23,28)(H,24,26). The highest BCUT2D eigenvalue weighted by molar-refractivity contribution is 7.20. The summed E-state index contributed by atoms with van der Waals surface area (Å²) in [6, 6.07) is 15.7. The van der Waals surface area contributed by atoms with Crippen molar-refractivity contribution in [3.05, 3.63) is 82.5 Å². The van der Waals surface area contributed by atoms with E-state index in [0.29, 0.717) is 38.1 Å². The van der Waals surface area contributed by atoms with Crippen LogP contribution in [0.3, 0.4) is 0 Å². The fraction of sp³-hybridized carbons (Fsp3) is 0.0909. The van der Waals surface area contributed by atoms with Gasteiger partial charge in [-0.25, -0.2) is 4.98 Å². The summed E-state index contributed by atoms with van der Waals surface area (Å²) in [5.41, 5.74) is 1.24. The molecular formula is C22H17N5O4S. The summed E-state index contributed by atoms with van der Waals surface area (Å²) < 4.78 is 11.8. The number of hydrogen-bond donors (Lipinski definition) is 2. The topological polar surface area (TPSA) is 111 Å². The first-order valence-electron chi connectivity index (χ1n) is 9.66. The number of rotatable bonds is 6. The zero-order valence-electron chi connectivity index (χ0n) is 16.9. The number of carbonyl (C=O) groups excluding carboxylic acids is 1. The first kappa shape index (κ1) is 19.8. The van der Waals surface area contributed by atoms with Gasteiger partial charge in [-0.1, -0.05) is 23.5 Å². The molecule has 2 aromatic carbocycles. The lowest BCUT2D eigenvalue weighted by atomic mass is 10.1. The van der Waals surface area contributed by atoms with Crippen molar-refractivity contribution in [3.8, 4) is 5.75 Å². The Morgan fingerprint density at radius 1 is 1.19 bits per heavy atom. The van der Waals surface area contributed by atoms with E-state index in [4.69, 9.17) is 9.15 Å². The molecule has 2 N–H and O–H groups in total. The minimum Gasteiger partial charge on any atom is -0.495 e. The molecule has 0 atom stereocenters. The van der Waals surface area contributed by atoms with Gasteiger partial charge in [0, 0.05) is 5.56 Å². The number of amides is 1. The number of anilines is 2. The van der Waals surface area contributed by atoms with Gasteiger partial charge in [0.15, 0.2) is 0 Å². The molecule has 3 heterocycles. The molecule has 5 aromatic rings. The highest BCUT2D eigenvalue weighted by Gasteiger charge is 2.14. The van der Waals surface area contributed by atoms with Gasteiger partial charge in [-0.3, -0.25) is 9.59 Å². The Hall–Kier alpha value is -4.18. The van der Waals surface area contributed by atoms with Crippen LogP contribution in [0.15, 0.2) is 70.1 Å². The molecular weight excluding hydrogens is 430 g/mol. The largest absolute Gasteiger partial charge is 0.495 e. The predicted octanol–water partition coefficient (Wildman–Crippen LogP) is 3.58. The van der Waals surface area contributed by atoms with Crippen LogP contribution >= 0.6 is 11.3 Å². The third kappa shape index (κ3) is 3.67. The van der Waals surface area contributed by atoms with Crippen LogP contribution in [0.4, 0.5) is 10.8 Å². The summed E-state index contributed by atoms with van der Waals surface area (Å²) >= 11 is 1.22. The van der Waals surface area contributed by atoms with Gasteiger partial charge in [0.1, 0.15) is 11.5 Å². The van der Waals surface area contributed by atoms with Crippen LogP contribution in [0.2, 0.25) is 0 Å². The van der Waals surface area contributed by atoms with Crippen molar-refractivity contribution in [2.75, 3.05) is 12.4 Å². The number of ether oxygens (including phenoxy) is 1. The molecule has 1 amide bonds. The number of para-hydroxylation sites is 2. The summed E-state index contributed by atoms with van der Waals surface area (Å²) in [5, 5.41) is 11.2. The van der Waals surface area contributed by atoms with E-state index in [1.807, 2.05) is 24.3 Å². The minimum absolute atomic E-state index is 0.270. The lowest BCUT2D eigenvalue weighted by molar-refractivity contribution is 0.0948. The Bertz CT molecular complexity index is 1490. The molecule has 0 bridgehead atoms. The van der Waals surface area contributed by atoms with E-state index >= 15 is 0 Å². The molecule has 160 valence electrons. The van der Waals surface area contributed by atoms with Crippen molar-refractivity contribution in [1.29, 1.82) is 0 Å². The fourth-order valence-electron chi connectivity index (χ4n) is 3.25. The zero-order valence-corrected chi connectivity index (χ0v) is 17.7. The van der Waals surface area contributed by atoms with Crippen molar-refractivity contribution in [2.45, 2.75) is 6.54 Å². The summed E-state index contributed by atoms with van der Waals surface area (Å²) in [7, 11) is 1.58. The number of nitrogens with one attached hydrogen (secondary N) is 2. The normalized spacial score (nSPS) is 11.0. The molecule has 0 aliphatic carbocycles. The molecule has 9 nitrogen and oxygen atoms in total. The average molecular weight is 447 g/mol. The Morgan fingerprint density at radius 3 is 2.88 bits per heavy atom. The second-order valence-electron chi connectivity index (χ2n) is 6.84. The molecule has 10 heteroatoms. The quantitative estimate of drug-likeness (QED) is 0.409. The number of aromatic nitrogens is 3. The van der Waals surface area contributed by atoms with Crippen molar-refractivity contribution in [2.24, 2.45) is 0 Å². The molecule has 0 radical (unpaired) electrons.